The quantitative estimate of drug-likeness (QED) is 0.237. The lowest BCUT2D eigenvalue weighted by molar-refractivity contribution is -0.137. The van der Waals surface area contributed by atoms with E-state index in [1.54, 1.807) is 36.9 Å². The van der Waals surface area contributed by atoms with Crippen LogP contribution in [0.5, 0.6) is 5.75 Å². The van der Waals surface area contributed by atoms with Crippen LogP contribution in [0.2, 0.25) is 0 Å². The van der Waals surface area contributed by atoms with Gasteiger partial charge < -0.3 is 19.3 Å². The molecule has 0 N–H and O–H groups in total. The van der Waals surface area contributed by atoms with Crippen LogP contribution in [0.3, 0.4) is 0 Å². The molecular formula is C33H39F4N5O4S. The average Bonchev–Trinajstić information content (AvgIpc) is 3.14. The second-order valence-electron chi connectivity index (χ2n) is 13.1. The lowest BCUT2D eigenvalue weighted by atomic mass is 10.0. The molecule has 2 amide bonds. The summed E-state index contributed by atoms with van der Waals surface area (Å²) in [5, 5.41) is 9.12. The molecule has 2 heterocycles. The highest BCUT2D eigenvalue weighted by Gasteiger charge is 2.51. The number of aryl methyl sites for hydroxylation is 1. The van der Waals surface area contributed by atoms with Crippen LogP contribution >= 0.6 is 12.2 Å². The number of ether oxygens (including phenoxy) is 2. The van der Waals surface area contributed by atoms with Crippen molar-refractivity contribution in [3.63, 3.8) is 0 Å². The fraction of sp³-hybridized carbons (Fsp3) is 0.515. The molecule has 9 nitrogen and oxygen atoms in total. The van der Waals surface area contributed by atoms with Crippen LogP contribution in [0.15, 0.2) is 36.4 Å². The Morgan fingerprint density at radius 2 is 1.79 bits per heavy atom. The van der Waals surface area contributed by atoms with Crippen molar-refractivity contribution < 1.29 is 36.6 Å². The van der Waals surface area contributed by atoms with Crippen molar-refractivity contribution in [1.82, 2.24) is 9.80 Å². The zero-order valence-corrected chi connectivity index (χ0v) is 28.1. The molecule has 1 atom stereocenters. The highest BCUT2D eigenvalue weighted by molar-refractivity contribution is 7.81. The van der Waals surface area contributed by atoms with E-state index < -0.39 is 41.0 Å². The summed E-state index contributed by atoms with van der Waals surface area (Å²) in [6.07, 6.45) is -5.13. The summed E-state index contributed by atoms with van der Waals surface area (Å²) in [5.41, 5.74) is -2.75. The summed E-state index contributed by atoms with van der Waals surface area (Å²) in [6, 6.07) is 9.48. The number of hydrogen-bond donors (Lipinski definition) is 0. The van der Waals surface area contributed by atoms with Crippen LogP contribution in [0, 0.1) is 11.3 Å². The molecular weight excluding hydrogens is 638 g/mol. The van der Waals surface area contributed by atoms with Gasteiger partial charge in [0.15, 0.2) is 5.11 Å². The molecule has 0 aromatic heterocycles. The number of alkyl halides is 4. The zero-order chi connectivity index (χ0) is 34.9. The van der Waals surface area contributed by atoms with Gasteiger partial charge in [-0.1, -0.05) is 0 Å². The number of nitriles is 1. The van der Waals surface area contributed by atoms with Crippen molar-refractivity contribution in [3.8, 4) is 11.8 Å². The zero-order valence-electron chi connectivity index (χ0n) is 27.3. The number of nitrogens with zero attached hydrogens (tertiary/aromatic N) is 5. The van der Waals surface area contributed by atoms with Crippen LogP contribution < -0.4 is 14.5 Å². The van der Waals surface area contributed by atoms with Gasteiger partial charge in [-0.2, -0.15) is 18.4 Å². The first-order valence-electron chi connectivity index (χ1n) is 15.2. The molecule has 0 aliphatic carbocycles. The minimum atomic E-state index is -4.82. The van der Waals surface area contributed by atoms with Crippen LogP contribution in [-0.2, 0) is 22.1 Å². The van der Waals surface area contributed by atoms with E-state index in [-0.39, 0.29) is 29.4 Å². The predicted octanol–water partition coefficient (Wildman–Crippen LogP) is 6.33. The van der Waals surface area contributed by atoms with Crippen LogP contribution in [0.25, 0.3) is 0 Å². The molecule has 2 aliphatic heterocycles. The molecule has 1 unspecified atom stereocenters. The molecule has 254 valence electrons. The molecule has 0 radical (unpaired) electrons. The van der Waals surface area contributed by atoms with Gasteiger partial charge >= 0.3 is 12.3 Å². The van der Waals surface area contributed by atoms with Gasteiger partial charge in [-0.15, -0.1) is 0 Å². The van der Waals surface area contributed by atoms with E-state index >= 15 is 0 Å². The Morgan fingerprint density at radius 3 is 2.38 bits per heavy atom. The number of halogens is 4. The molecule has 2 fully saturated rings. The number of anilines is 2. The smallest absolute Gasteiger partial charge is 0.417 e. The maximum atomic E-state index is 13.7. The largest absolute Gasteiger partial charge is 0.492 e. The van der Waals surface area contributed by atoms with Crippen molar-refractivity contribution in [2.75, 3.05) is 49.3 Å². The summed E-state index contributed by atoms with van der Waals surface area (Å²) in [4.78, 5) is 32.6. The first kappa shape index (κ1) is 35.9. The molecule has 2 aliphatic rings. The van der Waals surface area contributed by atoms with Crippen LogP contribution in [0.1, 0.15) is 58.2 Å². The number of carbonyl (C=O) groups excluding carboxylic acids is 2. The standard InChI is InChI=1S/C33H39F4N5O4S/c1-21-20-39(13-14-40(21)30(44)46-31(2,3)4)15-16-45-27-10-9-25(17-22(27)11-12-34)42-29(47)41(28(43)32(42,5)6)24-8-7-23(19-38)26(18-24)33(35,36)37/h7-10,17-18,21H,11-16,20H2,1-6H3. The van der Waals surface area contributed by atoms with E-state index in [1.807, 2.05) is 27.7 Å². The number of hydrogen-bond acceptors (Lipinski definition) is 7. The first-order valence-corrected chi connectivity index (χ1v) is 15.6. The molecule has 0 bridgehead atoms. The summed E-state index contributed by atoms with van der Waals surface area (Å²) in [6.45, 7) is 12.6. The normalized spacial score (nSPS) is 18.8. The Labute approximate surface area is 277 Å². The summed E-state index contributed by atoms with van der Waals surface area (Å²) >= 11 is 5.63. The highest BCUT2D eigenvalue weighted by Crippen LogP contribution is 2.40. The molecule has 47 heavy (non-hydrogen) atoms. The van der Waals surface area contributed by atoms with Crippen LogP contribution in [-0.4, -0.2) is 83.6 Å². The topological polar surface area (TPSA) is 89.4 Å². The van der Waals surface area contributed by atoms with Crippen LogP contribution in [0.4, 0.5) is 33.7 Å². The van der Waals surface area contributed by atoms with Gasteiger partial charge in [-0.05, 0) is 95.7 Å². The van der Waals surface area contributed by atoms with E-state index in [0.29, 0.717) is 49.8 Å². The van der Waals surface area contributed by atoms with Gasteiger partial charge in [0.25, 0.3) is 5.91 Å². The van der Waals surface area contributed by atoms with Gasteiger partial charge in [-0.25, -0.2) is 4.79 Å². The van der Waals surface area contributed by atoms with E-state index in [4.69, 9.17) is 21.7 Å². The fourth-order valence-electron chi connectivity index (χ4n) is 5.72. The lowest BCUT2D eigenvalue weighted by Crippen LogP contribution is -2.55. The Bertz CT molecular complexity index is 1570. The van der Waals surface area contributed by atoms with Crippen molar-refractivity contribution in [3.05, 3.63) is 53.1 Å². The van der Waals surface area contributed by atoms with Gasteiger partial charge in [0.2, 0.25) is 0 Å². The van der Waals surface area contributed by atoms with Crippen molar-refractivity contribution in [1.29, 1.82) is 5.26 Å². The Balaban J connectivity index is 1.48. The van der Waals surface area contributed by atoms with Gasteiger partial charge in [0.1, 0.15) is 23.5 Å². The van der Waals surface area contributed by atoms with Gasteiger partial charge in [0.05, 0.1) is 29.6 Å². The summed E-state index contributed by atoms with van der Waals surface area (Å²) < 4.78 is 66.3. The third-order valence-corrected chi connectivity index (χ3v) is 8.39. The fourth-order valence-corrected chi connectivity index (χ4v) is 6.24. The second kappa shape index (κ2) is 13.6. The molecule has 2 aromatic carbocycles. The van der Waals surface area contributed by atoms with E-state index in [0.717, 1.165) is 17.0 Å². The summed E-state index contributed by atoms with van der Waals surface area (Å²) in [7, 11) is 0. The third kappa shape index (κ3) is 7.79. The van der Waals surface area contributed by atoms with Gasteiger partial charge in [0, 0.05) is 44.3 Å². The SMILES string of the molecule is CC1CN(CCOc2ccc(N3C(=S)N(c4ccc(C#N)c(C(F)(F)F)c4)C(=O)C3(C)C)cc2CCF)CCN1C(=O)OC(C)(C)C. The number of benzene rings is 2. The van der Waals surface area contributed by atoms with E-state index in [2.05, 4.69) is 4.90 Å². The second-order valence-corrected chi connectivity index (χ2v) is 13.4. The Kier molecular flexibility index (Phi) is 10.4. The van der Waals surface area contributed by atoms with E-state index in [1.165, 1.54) is 17.0 Å². The Morgan fingerprint density at radius 1 is 1.11 bits per heavy atom. The molecule has 0 spiro atoms. The number of rotatable bonds is 8. The number of carbonyl (C=O) groups is 2. The van der Waals surface area contributed by atoms with Gasteiger partial charge in [-0.3, -0.25) is 19.0 Å². The molecule has 0 saturated carbocycles. The maximum absolute atomic E-state index is 13.7. The lowest BCUT2D eigenvalue weighted by Gasteiger charge is -2.40. The predicted molar refractivity (Wildman–Crippen MR) is 173 cm³/mol. The van der Waals surface area contributed by atoms with Crippen molar-refractivity contribution >= 4 is 40.7 Å². The van der Waals surface area contributed by atoms with E-state index in [9.17, 15) is 32.4 Å². The maximum Gasteiger partial charge on any atom is 0.417 e. The minimum Gasteiger partial charge on any atom is -0.492 e. The minimum absolute atomic E-state index is 0.0258. The number of amides is 2. The molecule has 2 saturated heterocycles. The molecule has 14 heteroatoms. The molecule has 2 aromatic rings. The molecule has 4 rings (SSSR count). The first-order chi connectivity index (χ1) is 21.9. The third-order valence-electron chi connectivity index (χ3n) is 8.03. The Hall–Kier alpha value is -3.96. The average molecular weight is 678 g/mol. The van der Waals surface area contributed by atoms with Crippen molar-refractivity contribution in [2.45, 2.75) is 71.3 Å². The number of thiocarbonyl (C=S) groups is 1. The monoisotopic (exact) mass is 677 g/mol. The summed E-state index contributed by atoms with van der Waals surface area (Å²) in [5.74, 6) is -0.103. The highest BCUT2D eigenvalue weighted by atomic mass is 32.1. The van der Waals surface area contributed by atoms with Crippen molar-refractivity contribution in [2.24, 2.45) is 0 Å². The number of piperazine rings is 1.